The van der Waals surface area contributed by atoms with Crippen molar-refractivity contribution in [2.75, 3.05) is 11.9 Å². The maximum atomic E-state index is 12.1. The van der Waals surface area contributed by atoms with Crippen LogP contribution >= 0.6 is 0 Å². The Morgan fingerprint density at radius 3 is 2.33 bits per heavy atom. The average Bonchev–Trinajstić information content (AvgIpc) is 3.19. The van der Waals surface area contributed by atoms with Gasteiger partial charge in [0, 0.05) is 24.2 Å². The van der Waals surface area contributed by atoms with Crippen LogP contribution in [0, 0.1) is 0 Å². The number of nitrogens with zero attached hydrogens (tertiary/aromatic N) is 1. The topological polar surface area (TPSA) is 86.9 Å². The van der Waals surface area contributed by atoms with Gasteiger partial charge in [-0.25, -0.2) is 4.98 Å². The van der Waals surface area contributed by atoms with Crippen LogP contribution in [0.2, 0.25) is 0 Å². The molecule has 0 aliphatic carbocycles. The molecule has 0 saturated carbocycles. The lowest BCUT2D eigenvalue weighted by molar-refractivity contribution is -0.120. The Balaban J connectivity index is 1.26. The molecule has 1 heterocycles. The highest BCUT2D eigenvalue weighted by molar-refractivity contribution is 5.91. The number of aromatic nitrogens is 2. The van der Waals surface area contributed by atoms with Crippen molar-refractivity contribution in [3.63, 3.8) is 0 Å². The summed E-state index contributed by atoms with van der Waals surface area (Å²) in [6.07, 6.45) is 0.525. The SMILES string of the molecule is O=C(Cc1ccccc1)NCCC(=O)Nc1ccc(-c2nc3ccccc3[nH]2)cc1. The summed E-state index contributed by atoms with van der Waals surface area (Å²) < 4.78 is 0. The predicted octanol–water partition coefficient (Wildman–Crippen LogP) is 3.92. The molecule has 0 radical (unpaired) electrons. The van der Waals surface area contributed by atoms with Gasteiger partial charge in [-0.1, -0.05) is 42.5 Å². The van der Waals surface area contributed by atoms with Gasteiger partial charge in [-0.3, -0.25) is 9.59 Å². The lowest BCUT2D eigenvalue weighted by Crippen LogP contribution is -2.28. The second-order valence-corrected chi connectivity index (χ2v) is 6.99. The van der Waals surface area contributed by atoms with Crippen LogP contribution in [0.25, 0.3) is 22.4 Å². The van der Waals surface area contributed by atoms with Crippen molar-refractivity contribution < 1.29 is 9.59 Å². The molecule has 6 nitrogen and oxygen atoms in total. The summed E-state index contributed by atoms with van der Waals surface area (Å²) in [4.78, 5) is 31.9. The van der Waals surface area contributed by atoms with E-state index in [4.69, 9.17) is 0 Å². The van der Waals surface area contributed by atoms with Crippen molar-refractivity contribution in [2.24, 2.45) is 0 Å². The minimum Gasteiger partial charge on any atom is -0.355 e. The minimum absolute atomic E-state index is 0.0933. The molecule has 4 rings (SSSR count). The van der Waals surface area contributed by atoms with Gasteiger partial charge >= 0.3 is 0 Å². The van der Waals surface area contributed by atoms with E-state index in [1.807, 2.05) is 78.9 Å². The Hall–Kier alpha value is -3.93. The van der Waals surface area contributed by atoms with E-state index in [1.54, 1.807) is 0 Å². The molecule has 0 unspecified atom stereocenters. The van der Waals surface area contributed by atoms with Gasteiger partial charge in [0.2, 0.25) is 11.8 Å². The molecule has 3 N–H and O–H groups in total. The largest absolute Gasteiger partial charge is 0.355 e. The molecule has 0 spiro atoms. The first-order chi connectivity index (χ1) is 14.7. The summed E-state index contributed by atoms with van der Waals surface area (Å²) in [5.41, 5.74) is 4.50. The Morgan fingerprint density at radius 1 is 0.833 bits per heavy atom. The minimum atomic E-state index is -0.147. The molecular formula is C24H22N4O2. The molecule has 4 aromatic rings. The second kappa shape index (κ2) is 9.05. The van der Waals surface area contributed by atoms with E-state index in [2.05, 4.69) is 20.6 Å². The van der Waals surface area contributed by atoms with E-state index in [1.165, 1.54) is 0 Å². The third kappa shape index (κ3) is 4.91. The molecule has 6 heteroatoms. The number of anilines is 1. The number of para-hydroxylation sites is 2. The fourth-order valence-corrected chi connectivity index (χ4v) is 3.18. The number of amides is 2. The van der Waals surface area contributed by atoms with Crippen molar-refractivity contribution in [3.8, 4) is 11.4 Å². The van der Waals surface area contributed by atoms with Crippen molar-refractivity contribution >= 4 is 28.5 Å². The number of aromatic amines is 1. The summed E-state index contributed by atoms with van der Waals surface area (Å²) in [6.45, 7) is 0.300. The van der Waals surface area contributed by atoms with Gasteiger partial charge in [0.1, 0.15) is 5.82 Å². The zero-order valence-electron chi connectivity index (χ0n) is 16.4. The van der Waals surface area contributed by atoms with Crippen LogP contribution in [-0.4, -0.2) is 28.3 Å². The van der Waals surface area contributed by atoms with E-state index < -0.39 is 0 Å². The number of carbonyl (C=O) groups excluding carboxylic acids is 2. The second-order valence-electron chi connectivity index (χ2n) is 6.99. The molecule has 0 atom stereocenters. The monoisotopic (exact) mass is 398 g/mol. The standard InChI is InChI=1S/C24H22N4O2/c29-22(14-15-25-23(30)16-17-6-2-1-3-7-17)26-19-12-10-18(11-13-19)24-27-20-8-4-5-9-21(20)28-24/h1-13H,14-16H2,(H,25,30)(H,26,29)(H,27,28). The van der Waals surface area contributed by atoms with Crippen LogP contribution in [-0.2, 0) is 16.0 Å². The number of rotatable bonds is 7. The lowest BCUT2D eigenvalue weighted by Gasteiger charge is -2.07. The van der Waals surface area contributed by atoms with Gasteiger partial charge in [0.25, 0.3) is 0 Å². The van der Waals surface area contributed by atoms with E-state index in [-0.39, 0.29) is 18.2 Å². The molecule has 2 amide bonds. The maximum Gasteiger partial charge on any atom is 0.226 e. The van der Waals surface area contributed by atoms with Gasteiger partial charge in [0.05, 0.1) is 17.5 Å². The Kier molecular flexibility index (Phi) is 5.85. The van der Waals surface area contributed by atoms with E-state index in [9.17, 15) is 9.59 Å². The molecule has 30 heavy (non-hydrogen) atoms. The number of benzene rings is 3. The number of H-pyrrole nitrogens is 1. The molecule has 0 bridgehead atoms. The zero-order valence-corrected chi connectivity index (χ0v) is 16.4. The first-order valence-electron chi connectivity index (χ1n) is 9.83. The maximum absolute atomic E-state index is 12.1. The van der Waals surface area contributed by atoms with Gasteiger partial charge in [-0.05, 0) is 42.0 Å². The van der Waals surface area contributed by atoms with Crippen molar-refractivity contribution in [1.29, 1.82) is 0 Å². The average molecular weight is 398 g/mol. The van der Waals surface area contributed by atoms with E-state index in [0.29, 0.717) is 18.7 Å². The zero-order chi connectivity index (χ0) is 20.8. The highest BCUT2D eigenvalue weighted by atomic mass is 16.2. The first-order valence-corrected chi connectivity index (χ1v) is 9.83. The van der Waals surface area contributed by atoms with Crippen molar-refractivity contribution in [3.05, 3.63) is 84.4 Å². The smallest absolute Gasteiger partial charge is 0.226 e. The van der Waals surface area contributed by atoms with Gasteiger partial charge in [-0.15, -0.1) is 0 Å². The molecule has 3 aromatic carbocycles. The Labute approximate surface area is 174 Å². The summed E-state index contributed by atoms with van der Waals surface area (Å²) in [6, 6.07) is 24.9. The summed E-state index contributed by atoms with van der Waals surface area (Å²) in [7, 11) is 0. The third-order valence-electron chi connectivity index (χ3n) is 4.71. The number of carbonyl (C=O) groups is 2. The van der Waals surface area contributed by atoms with Crippen molar-refractivity contribution in [1.82, 2.24) is 15.3 Å². The van der Waals surface area contributed by atoms with Gasteiger partial charge in [0.15, 0.2) is 0 Å². The molecule has 1 aromatic heterocycles. The van der Waals surface area contributed by atoms with Crippen LogP contribution in [0.1, 0.15) is 12.0 Å². The number of hydrogen-bond donors (Lipinski definition) is 3. The molecule has 0 aliphatic heterocycles. The van der Waals surface area contributed by atoms with Crippen molar-refractivity contribution in [2.45, 2.75) is 12.8 Å². The highest BCUT2D eigenvalue weighted by Gasteiger charge is 2.08. The third-order valence-corrected chi connectivity index (χ3v) is 4.71. The van der Waals surface area contributed by atoms with Crippen LogP contribution < -0.4 is 10.6 Å². The van der Waals surface area contributed by atoms with Crippen LogP contribution in [0.15, 0.2) is 78.9 Å². The Bertz CT molecular complexity index is 1120. The van der Waals surface area contributed by atoms with Gasteiger partial charge in [-0.2, -0.15) is 0 Å². The molecule has 0 fully saturated rings. The fourth-order valence-electron chi connectivity index (χ4n) is 3.18. The lowest BCUT2D eigenvalue weighted by atomic mass is 10.1. The van der Waals surface area contributed by atoms with Crippen LogP contribution in [0.3, 0.4) is 0 Å². The number of hydrogen-bond acceptors (Lipinski definition) is 3. The quantitative estimate of drug-likeness (QED) is 0.441. The van der Waals surface area contributed by atoms with Crippen LogP contribution in [0.4, 0.5) is 5.69 Å². The highest BCUT2D eigenvalue weighted by Crippen LogP contribution is 2.22. The Morgan fingerprint density at radius 2 is 1.57 bits per heavy atom. The summed E-state index contributed by atoms with van der Waals surface area (Å²) >= 11 is 0. The van der Waals surface area contributed by atoms with Gasteiger partial charge < -0.3 is 15.6 Å². The number of imidazole rings is 1. The van der Waals surface area contributed by atoms with E-state index >= 15 is 0 Å². The fraction of sp³-hybridized carbons (Fsp3) is 0.125. The molecule has 0 aliphatic rings. The predicted molar refractivity (Wildman–Crippen MR) is 118 cm³/mol. The number of nitrogens with one attached hydrogen (secondary N) is 3. The summed E-state index contributed by atoms with van der Waals surface area (Å²) in [5.74, 6) is 0.547. The first kappa shape index (κ1) is 19.4. The van der Waals surface area contributed by atoms with Crippen LogP contribution in [0.5, 0.6) is 0 Å². The summed E-state index contributed by atoms with van der Waals surface area (Å²) in [5, 5.41) is 5.63. The molecular weight excluding hydrogens is 376 g/mol. The molecule has 0 saturated heterocycles. The normalized spacial score (nSPS) is 10.7. The van der Waals surface area contributed by atoms with E-state index in [0.717, 1.165) is 28.0 Å². The number of fused-ring (bicyclic) bond motifs is 1. The molecule has 150 valence electrons.